The van der Waals surface area contributed by atoms with Crippen molar-refractivity contribution in [1.82, 2.24) is 10.3 Å². The van der Waals surface area contributed by atoms with Crippen LogP contribution in [0.15, 0.2) is 16.8 Å². The van der Waals surface area contributed by atoms with Gasteiger partial charge in [0, 0.05) is 24.0 Å². The first kappa shape index (κ1) is 14.5. The lowest BCUT2D eigenvalue weighted by Gasteiger charge is -2.05. The minimum absolute atomic E-state index is 0.0979. The number of urea groups is 1. The number of carboxylic acids is 1. The molecule has 8 heteroatoms. The predicted octanol–water partition coefficient (Wildman–Crippen LogP) is 2.58. The molecule has 0 aliphatic rings. The molecule has 0 aliphatic heterocycles. The first-order chi connectivity index (χ1) is 9.56. The van der Waals surface area contributed by atoms with Gasteiger partial charge in [-0.1, -0.05) is 0 Å². The van der Waals surface area contributed by atoms with E-state index >= 15 is 0 Å². The van der Waals surface area contributed by atoms with Crippen molar-refractivity contribution < 1.29 is 14.7 Å². The van der Waals surface area contributed by atoms with E-state index in [4.69, 9.17) is 5.11 Å². The number of nitrogens with one attached hydrogen (secondary N) is 2. The van der Waals surface area contributed by atoms with Gasteiger partial charge in [0.2, 0.25) is 0 Å². The summed E-state index contributed by atoms with van der Waals surface area (Å²) in [6.45, 7) is 2.37. The van der Waals surface area contributed by atoms with E-state index in [1.807, 2.05) is 12.3 Å². The zero-order valence-electron chi connectivity index (χ0n) is 10.7. The number of aromatic carboxylic acids is 1. The number of rotatable bonds is 5. The minimum atomic E-state index is -1.06. The van der Waals surface area contributed by atoms with Gasteiger partial charge in [-0.3, -0.25) is 5.32 Å². The molecule has 6 nitrogen and oxygen atoms in total. The van der Waals surface area contributed by atoms with Gasteiger partial charge in [-0.2, -0.15) is 0 Å². The molecular formula is C12H13N3O3S2. The summed E-state index contributed by atoms with van der Waals surface area (Å²) in [5.74, 6) is -1.06. The van der Waals surface area contributed by atoms with Crippen molar-refractivity contribution in [3.05, 3.63) is 33.1 Å². The van der Waals surface area contributed by atoms with E-state index in [-0.39, 0.29) is 5.56 Å². The molecule has 3 N–H and O–H groups in total. The first-order valence-electron chi connectivity index (χ1n) is 5.83. The average molecular weight is 311 g/mol. The Morgan fingerprint density at radius 2 is 2.20 bits per heavy atom. The number of carbonyl (C=O) groups excluding carboxylic acids is 1. The molecule has 0 radical (unpaired) electrons. The maximum Gasteiger partial charge on any atom is 0.338 e. The van der Waals surface area contributed by atoms with Crippen LogP contribution in [0.25, 0.3) is 0 Å². The second kappa shape index (κ2) is 6.49. The second-order valence-electron chi connectivity index (χ2n) is 3.98. The molecule has 2 amide bonds. The Labute approximate surface area is 123 Å². The topological polar surface area (TPSA) is 91.3 Å². The maximum absolute atomic E-state index is 11.7. The monoisotopic (exact) mass is 311 g/mol. The first-order valence-corrected chi connectivity index (χ1v) is 7.59. The van der Waals surface area contributed by atoms with Crippen LogP contribution in [0.1, 0.15) is 21.1 Å². The highest BCUT2D eigenvalue weighted by atomic mass is 32.1. The van der Waals surface area contributed by atoms with Gasteiger partial charge in [0.25, 0.3) is 0 Å². The lowest BCUT2D eigenvalue weighted by atomic mass is 10.3. The highest BCUT2D eigenvalue weighted by Crippen LogP contribution is 2.22. The standard InChI is InChI=1S/C12H13N3O3S2/c1-7-6-20-9(14-7)2-4-13-12(18)15-10-8(11(16)17)3-5-19-10/h3,5-6H,2,4H2,1H3,(H,16,17)(H2,13,15,18). The number of thiophene rings is 1. The summed E-state index contributed by atoms with van der Waals surface area (Å²) in [7, 11) is 0. The van der Waals surface area contributed by atoms with E-state index in [0.29, 0.717) is 18.0 Å². The number of aromatic nitrogens is 1. The van der Waals surface area contributed by atoms with Gasteiger partial charge in [-0.05, 0) is 18.4 Å². The zero-order chi connectivity index (χ0) is 14.5. The quantitative estimate of drug-likeness (QED) is 0.791. The summed E-state index contributed by atoms with van der Waals surface area (Å²) in [4.78, 5) is 26.8. The number of anilines is 1. The largest absolute Gasteiger partial charge is 0.478 e. The van der Waals surface area contributed by atoms with E-state index in [2.05, 4.69) is 15.6 Å². The van der Waals surface area contributed by atoms with Gasteiger partial charge < -0.3 is 10.4 Å². The van der Waals surface area contributed by atoms with Crippen molar-refractivity contribution in [1.29, 1.82) is 0 Å². The summed E-state index contributed by atoms with van der Waals surface area (Å²) >= 11 is 2.73. The maximum atomic E-state index is 11.7. The van der Waals surface area contributed by atoms with Crippen LogP contribution in [-0.2, 0) is 6.42 Å². The van der Waals surface area contributed by atoms with Crippen molar-refractivity contribution in [2.75, 3.05) is 11.9 Å². The Morgan fingerprint density at radius 3 is 2.85 bits per heavy atom. The van der Waals surface area contributed by atoms with Crippen molar-refractivity contribution in [3.8, 4) is 0 Å². The molecule has 20 heavy (non-hydrogen) atoms. The summed E-state index contributed by atoms with van der Waals surface area (Å²) in [5, 5.41) is 19.0. The van der Waals surface area contributed by atoms with E-state index in [9.17, 15) is 9.59 Å². The number of amides is 2. The molecule has 106 valence electrons. The summed E-state index contributed by atoms with van der Waals surface area (Å²) in [6.07, 6.45) is 0.655. The number of thiazole rings is 1. The normalized spacial score (nSPS) is 10.2. The van der Waals surface area contributed by atoms with E-state index in [0.717, 1.165) is 10.7 Å². The zero-order valence-corrected chi connectivity index (χ0v) is 12.3. The van der Waals surface area contributed by atoms with Crippen LogP contribution in [-0.4, -0.2) is 28.6 Å². The van der Waals surface area contributed by atoms with Crippen LogP contribution in [0.2, 0.25) is 0 Å². The van der Waals surface area contributed by atoms with Crippen LogP contribution in [0.3, 0.4) is 0 Å². The van der Waals surface area contributed by atoms with Crippen LogP contribution in [0.5, 0.6) is 0 Å². The number of hydrogen-bond acceptors (Lipinski definition) is 5. The number of aryl methyl sites for hydroxylation is 1. The molecule has 0 aromatic carbocycles. The Kier molecular flexibility index (Phi) is 4.70. The minimum Gasteiger partial charge on any atom is -0.478 e. The average Bonchev–Trinajstić information content (AvgIpc) is 2.98. The molecule has 0 bridgehead atoms. The molecule has 2 heterocycles. The Balaban J connectivity index is 1.80. The van der Waals surface area contributed by atoms with E-state index < -0.39 is 12.0 Å². The fourth-order valence-corrected chi connectivity index (χ4v) is 3.07. The third kappa shape index (κ3) is 3.78. The third-order valence-corrected chi connectivity index (χ3v) is 4.27. The van der Waals surface area contributed by atoms with Gasteiger partial charge in [-0.15, -0.1) is 22.7 Å². The summed E-state index contributed by atoms with van der Waals surface area (Å²) in [5.41, 5.74) is 1.07. The Bertz CT molecular complexity index is 621. The van der Waals surface area contributed by atoms with Crippen LogP contribution >= 0.6 is 22.7 Å². The third-order valence-electron chi connectivity index (χ3n) is 2.41. The lowest BCUT2D eigenvalue weighted by molar-refractivity contribution is 0.0698. The molecule has 0 unspecified atom stereocenters. The molecule has 2 aromatic rings. The fourth-order valence-electron chi connectivity index (χ4n) is 1.52. The van der Waals surface area contributed by atoms with Gasteiger partial charge in [-0.25, -0.2) is 14.6 Å². The van der Waals surface area contributed by atoms with Gasteiger partial charge in [0.1, 0.15) is 5.00 Å². The van der Waals surface area contributed by atoms with Gasteiger partial charge in [0.15, 0.2) is 0 Å². The summed E-state index contributed by atoms with van der Waals surface area (Å²) in [6, 6.07) is 1.05. The molecule has 0 atom stereocenters. The fraction of sp³-hybridized carbons (Fsp3) is 0.250. The number of carbonyl (C=O) groups is 2. The van der Waals surface area contributed by atoms with Crippen LogP contribution in [0, 0.1) is 6.92 Å². The molecule has 0 fully saturated rings. The molecule has 0 spiro atoms. The Hall–Kier alpha value is -1.93. The van der Waals surface area contributed by atoms with Crippen molar-refractivity contribution in [3.63, 3.8) is 0 Å². The highest BCUT2D eigenvalue weighted by molar-refractivity contribution is 7.14. The molecule has 0 saturated heterocycles. The van der Waals surface area contributed by atoms with Crippen molar-refractivity contribution in [2.24, 2.45) is 0 Å². The van der Waals surface area contributed by atoms with Gasteiger partial charge >= 0.3 is 12.0 Å². The predicted molar refractivity (Wildman–Crippen MR) is 78.9 cm³/mol. The van der Waals surface area contributed by atoms with Crippen LogP contribution < -0.4 is 10.6 Å². The number of carboxylic acid groups (broad SMARTS) is 1. The number of hydrogen-bond donors (Lipinski definition) is 3. The second-order valence-corrected chi connectivity index (χ2v) is 5.84. The van der Waals surface area contributed by atoms with Crippen molar-refractivity contribution >= 4 is 39.7 Å². The van der Waals surface area contributed by atoms with Crippen LogP contribution in [0.4, 0.5) is 9.80 Å². The highest BCUT2D eigenvalue weighted by Gasteiger charge is 2.13. The number of nitrogens with zero attached hydrogens (tertiary/aromatic N) is 1. The molecule has 2 aromatic heterocycles. The van der Waals surface area contributed by atoms with Crippen molar-refractivity contribution in [2.45, 2.75) is 13.3 Å². The smallest absolute Gasteiger partial charge is 0.338 e. The SMILES string of the molecule is Cc1csc(CCNC(=O)Nc2sccc2C(=O)O)n1. The van der Waals surface area contributed by atoms with E-state index in [1.54, 1.807) is 16.7 Å². The molecule has 2 rings (SSSR count). The molecular weight excluding hydrogens is 298 g/mol. The van der Waals surface area contributed by atoms with Gasteiger partial charge in [0.05, 0.1) is 10.6 Å². The van der Waals surface area contributed by atoms with E-state index in [1.165, 1.54) is 17.4 Å². The summed E-state index contributed by atoms with van der Waals surface area (Å²) < 4.78 is 0. The molecule has 0 aliphatic carbocycles. The Morgan fingerprint density at radius 1 is 1.40 bits per heavy atom. The lowest BCUT2D eigenvalue weighted by Crippen LogP contribution is -2.30. The molecule has 0 saturated carbocycles.